The van der Waals surface area contributed by atoms with Gasteiger partial charge in [0.25, 0.3) is 5.91 Å². The molecule has 3 aromatic rings. The molecule has 2 N–H and O–H groups in total. The zero-order chi connectivity index (χ0) is 18.0. The fourth-order valence-corrected chi connectivity index (χ4v) is 2.63. The van der Waals surface area contributed by atoms with Crippen molar-refractivity contribution in [3.05, 3.63) is 66.0 Å². The Morgan fingerprint density at radius 2 is 1.92 bits per heavy atom. The van der Waals surface area contributed by atoms with Crippen LogP contribution in [0.2, 0.25) is 0 Å². The number of aliphatic hydroxyl groups excluding tert-OH is 1. The molecule has 0 aliphatic heterocycles. The van der Waals surface area contributed by atoms with Gasteiger partial charge in [-0.25, -0.2) is 0 Å². The molecule has 0 bridgehead atoms. The lowest BCUT2D eigenvalue weighted by molar-refractivity contribution is 0.0916. The normalized spacial score (nSPS) is 13.0. The van der Waals surface area contributed by atoms with Crippen LogP contribution in [0.25, 0.3) is 10.8 Å². The van der Waals surface area contributed by atoms with Gasteiger partial charge in [-0.1, -0.05) is 36.4 Å². The van der Waals surface area contributed by atoms with E-state index >= 15 is 0 Å². The van der Waals surface area contributed by atoms with Gasteiger partial charge < -0.3 is 10.4 Å². The number of nitrogens with zero attached hydrogens (tertiary/aromatic N) is 2. The van der Waals surface area contributed by atoms with Crippen molar-refractivity contribution >= 4 is 16.7 Å². The third-order valence-electron chi connectivity index (χ3n) is 4.15. The molecule has 0 radical (unpaired) electrons. The lowest BCUT2D eigenvalue weighted by atomic mass is 10.0. The van der Waals surface area contributed by atoms with Gasteiger partial charge in [-0.3, -0.25) is 9.48 Å². The van der Waals surface area contributed by atoms with Crippen LogP contribution in [0.4, 0.5) is 0 Å². The van der Waals surface area contributed by atoms with E-state index in [1.54, 1.807) is 17.1 Å². The largest absolute Gasteiger partial charge is 0.387 e. The van der Waals surface area contributed by atoms with Gasteiger partial charge in [0.05, 0.1) is 23.4 Å². The van der Waals surface area contributed by atoms with Gasteiger partial charge in [0.1, 0.15) is 0 Å². The Morgan fingerprint density at radius 3 is 2.60 bits per heavy atom. The molecule has 0 saturated carbocycles. The number of amides is 1. The second-order valence-corrected chi connectivity index (χ2v) is 7.18. The van der Waals surface area contributed by atoms with Gasteiger partial charge in [0, 0.05) is 12.7 Å². The average Bonchev–Trinajstić information content (AvgIpc) is 3.09. The zero-order valence-corrected chi connectivity index (χ0v) is 14.7. The maximum Gasteiger partial charge on any atom is 0.254 e. The lowest BCUT2D eigenvalue weighted by Gasteiger charge is -2.18. The summed E-state index contributed by atoms with van der Waals surface area (Å²) in [7, 11) is 0. The molecule has 0 saturated heterocycles. The number of aliphatic hydroxyl groups is 1. The van der Waals surface area contributed by atoms with Crippen molar-refractivity contribution in [2.24, 2.45) is 0 Å². The third kappa shape index (κ3) is 3.88. The molecule has 5 heteroatoms. The van der Waals surface area contributed by atoms with Crippen LogP contribution in [-0.2, 0) is 5.54 Å². The van der Waals surface area contributed by atoms with Gasteiger partial charge in [-0.15, -0.1) is 0 Å². The fraction of sp³-hybridized carbons (Fsp3) is 0.300. The van der Waals surface area contributed by atoms with Crippen LogP contribution in [-0.4, -0.2) is 27.3 Å². The summed E-state index contributed by atoms with van der Waals surface area (Å²) in [5.41, 5.74) is 1.09. The second-order valence-electron chi connectivity index (χ2n) is 7.18. The van der Waals surface area contributed by atoms with Crippen LogP contribution in [0.3, 0.4) is 0 Å². The summed E-state index contributed by atoms with van der Waals surface area (Å²) < 4.78 is 1.75. The fourth-order valence-electron chi connectivity index (χ4n) is 2.63. The van der Waals surface area contributed by atoms with Gasteiger partial charge in [-0.05, 0) is 43.2 Å². The van der Waals surface area contributed by atoms with Crippen molar-refractivity contribution in [2.45, 2.75) is 32.4 Å². The molecule has 0 spiro atoms. The summed E-state index contributed by atoms with van der Waals surface area (Å²) in [5.74, 6) is -0.240. The van der Waals surface area contributed by atoms with E-state index in [4.69, 9.17) is 0 Å². The first-order chi connectivity index (χ1) is 11.8. The third-order valence-corrected chi connectivity index (χ3v) is 4.15. The minimum absolute atomic E-state index is 0.151. The van der Waals surface area contributed by atoms with E-state index in [2.05, 4.69) is 10.4 Å². The van der Waals surface area contributed by atoms with E-state index in [9.17, 15) is 9.90 Å². The Hall–Kier alpha value is -2.66. The van der Waals surface area contributed by atoms with Crippen LogP contribution in [0.15, 0.2) is 54.9 Å². The Kier molecular flexibility index (Phi) is 4.59. The molecule has 25 heavy (non-hydrogen) atoms. The highest BCUT2D eigenvalue weighted by Crippen LogP contribution is 2.20. The monoisotopic (exact) mass is 337 g/mol. The number of benzene rings is 2. The highest BCUT2D eigenvalue weighted by molar-refractivity contribution is 5.93. The molecular formula is C20H23N3O2. The molecule has 0 fully saturated rings. The first-order valence-corrected chi connectivity index (χ1v) is 8.35. The van der Waals surface area contributed by atoms with Crippen LogP contribution in [0.5, 0.6) is 0 Å². The van der Waals surface area contributed by atoms with Crippen molar-refractivity contribution < 1.29 is 9.90 Å². The maximum absolute atomic E-state index is 12.3. The van der Waals surface area contributed by atoms with Crippen LogP contribution >= 0.6 is 0 Å². The predicted molar refractivity (Wildman–Crippen MR) is 98.5 cm³/mol. The maximum atomic E-state index is 12.3. The average molecular weight is 337 g/mol. The Morgan fingerprint density at radius 1 is 1.20 bits per heavy atom. The Balaban J connectivity index is 1.65. The molecule has 0 aliphatic rings. The summed E-state index contributed by atoms with van der Waals surface area (Å²) in [6.45, 7) is 6.21. The first kappa shape index (κ1) is 17.2. The number of hydrogen-bond acceptors (Lipinski definition) is 3. The highest BCUT2D eigenvalue weighted by Gasteiger charge is 2.17. The van der Waals surface area contributed by atoms with Crippen molar-refractivity contribution in [3.63, 3.8) is 0 Å². The molecule has 1 aromatic heterocycles. The molecule has 1 unspecified atom stereocenters. The van der Waals surface area contributed by atoms with Gasteiger partial charge in [0.15, 0.2) is 0 Å². The molecule has 1 heterocycles. The highest BCUT2D eigenvalue weighted by atomic mass is 16.3. The van der Waals surface area contributed by atoms with Crippen molar-refractivity contribution in [1.82, 2.24) is 15.1 Å². The van der Waals surface area contributed by atoms with E-state index in [-0.39, 0.29) is 18.0 Å². The van der Waals surface area contributed by atoms with Gasteiger partial charge in [0.2, 0.25) is 0 Å². The Labute approximate surface area is 147 Å². The quantitative estimate of drug-likeness (QED) is 0.768. The van der Waals surface area contributed by atoms with Gasteiger partial charge in [-0.2, -0.15) is 5.10 Å². The minimum Gasteiger partial charge on any atom is -0.387 e. The van der Waals surface area contributed by atoms with E-state index in [1.807, 2.05) is 63.2 Å². The molecule has 130 valence electrons. The predicted octanol–water partition coefficient (Wildman–Crippen LogP) is 3.25. The summed E-state index contributed by atoms with van der Waals surface area (Å²) >= 11 is 0. The number of carbonyl (C=O) groups is 1. The number of aromatic nitrogens is 2. The van der Waals surface area contributed by atoms with E-state index in [1.165, 1.54) is 0 Å². The summed E-state index contributed by atoms with van der Waals surface area (Å²) in [4.78, 5) is 12.3. The van der Waals surface area contributed by atoms with Crippen LogP contribution < -0.4 is 5.32 Å². The van der Waals surface area contributed by atoms with Gasteiger partial charge >= 0.3 is 0 Å². The first-order valence-electron chi connectivity index (χ1n) is 8.35. The number of carbonyl (C=O) groups excluding carboxylic acids is 1. The number of rotatable bonds is 4. The van der Waals surface area contributed by atoms with Crippen LogP contribution in [0.1, 0.15) is 42.8 Å². The molecule has 1 atom stereocenters. The van der Waals surface area contributed by atoms with Crippen LogP contribution in [0, 0.1) is 0 Å². The number of fused-ring (bicyclic) bond motifs is 1. The molecule has 3 rings (SSSR count). The standard InChI is InChI=1S/C20H23N3O2/c1-20(2,3)23-13-17(11-22-23)19(25)21-12-18(24)16-9-8-14-6-4-5-7-15(14)10-16/h4-11,13,18,24H,12H2,1-3H3,(H,21,25). The van der Waals surface area contributed by atoms with Crippen molar-refractivity contribution in [2.75, 3.05) is 6.54 Å². The van der Waals surface area contributed by atoms with Crippen molar-refractivity contribution in [3.8, 4) is 0 Å². The lowest BCUT2D eigenvalue weighted by Crippen LogP contribution is -2.28. The summed E-state index contributed by atoms with van der Waals surface area (Å²) in [6, 6.07) is 13.8. The molecule has 1 amide bonds. The number of nitrogens with one attached hydrogen (secondary N) is 1. The molecule has 0 aliphatic carbocycles. The Bertz CT molecular complexity index is 893. The smallest absolute Gasteiger partial charge is 0.254 e. The summed E-state index contributed by atoms with van der Waals surface area (Å²) in [5, 5.41) is 19.6. The number of hydrogen-bond donors (Lipinski definition) is 2. The molecular weight excluding hydrogens is 314 g/mol. The topological polar surface area (TPSA) is 67.2 Å². The molecule has 2 aromatic carbocycles. The molecule has 5 nitrogen and oxygen atoms in total. The summed E-state index contributed by atoms with van der Waals surface area (Å²) in [6.07, 6.45) is 2.51. The minimum atomic E-state index is -0.758. The zero-order valence-electron chi connectivity index (χ0n) is 14.7. The van der Waals surface area contributed by atoms with E-state index in [0.717, 1.165) is 16.3 Å². The van der Waals surface area contributed by atoms with Crippen molar-refractivity contribution in [1.29, 1.82) is 0 Å². The van der Waals surface area contributed by atoms with E-state index in [0.29, 0.717) is 5.56 Å². The SMILES string of the molecule is CC(C)(C)n1cc(C(=O)NCC(O)c2ccc3ccccc3c2)cn1. The van der Waals surface area contributed by atoms with E-state index < -0.39 is 6.10 Å². The second kappa shape index (κ2) is 6.69.